The van der Waals surface area contributed by atoms with Crippen molar-refractivity contribution in [3.8, 4) is 0 Å². The smallest absolute Gasteiger partial charge is 0.0462 e. The maximum atomic E-state index is 2.34. The van der Waals surface area contributed by atoms with Crippen LogP contribution in [0.15, 0.2) is 158 Å². The van der Waals surface area contributed by atoms with Crippen molar-refractivity contribution in [2.45, 2.75) is 52.4 Å². The minimum atomic E-state index is 0.106. The van der Waals surface area contributed by atoms with Crippen LogP contribution in [-0.2, 0) is 10.8 Å². The Labute approximate surface area is 287 Å². The molecule has 0 saturated carbocycles. The zero-order valence-electron chi connectivity index (χ0n) is 29.1. The molecule has 0 aliphatic rings. The predicted octanol–water partition coefficient (Wildman–Crippen LogP) is 13.4. The lowest BCUT2D eigenvalue weighted by Gasteiger charge is -2.28. The van der Waals surface area contributed by atoms with Gasteiger partial charge >= 0.3 is 0 Å². The fourth-order valence-electron chi connectivity index (χ4n) is 5.93. The minimum Gasteiger partial charge on any atom is -0.311 e. The first-order valence-electron chi connectivity index (χ1n) is 16.9. The average Bonchev–Trinajstić information content (AvgIpc) is 3.09. The van der Waals surface area contributed by atoms with Gasteiger partial charge in [-0.25, -0.2) is 0 Å². The summed E-state index contributed by atoms with van der Waals surface area (Å²) in [5.41, 5.74) is 12.0. The van der Waals surface area contributed by atoms with Crippen molar-refractivity contribution in [3.05, 3.63) is 180 Å². The summed E-state index contributed by atoms with van der Waals surface area (Å²) in [6, 6.07) is 56.6. The first-order valence-corrected chi connectivity index (χ1v) is 16.9. The molecule has 0 aliphatic heterocycles. The molecule has 0 spiro atoms. The molecule has 6 aromatic rings. The Kier molecular flexibility index (Phi) is 9.37. The number of anilines is 6. The van der Waals surface area contributed by atoms with E-state index in [9.17, 15) is 0 Å². The molecule has 0 fully saturated rings. The lowest BCUT2D eigenvalue weighted by atomic mass is 9.86. The van der Waals surface area contributed by atoms with Crippen molar-refractivity contribution in [1.29, 1.82) is 0 Å². The van der Waals surface area contributed by atoms with Gasteiger partial charge in [-0.2, -0.15) is 0 Å². The van der Waals surface area contributed by atoms with E-state index < -0.39 is 0 Å². The SMILES string of the molecule is CC(C)(C)c1ccc(N(c2ccc(/C=C/c3ccc(N(c4ccccc4)c4ccccc4)cc3)cc2)c2ccc(C(C)(C)C)cc2)cc1. The van der Waals surface area contributed by atoms with Gasteiger partial charge in [-0.3, -0.25) is 0 Å². The number of para-hydroxylation sites is 2. The molecule has 0 saturated heterocycles. The molecule has 2 nitrogen and oxygen atoms in total. The number of hydrogen-bond acceptors (Lipinski definition) is 2. The first kappa shape index (κ1) is 32.6. The average molecular weight is 627 g/mol. The second-order valence-electron chi connectivity index (χ2n) is 14.5. The van der Waals surface area contributed by atoms with Crippen LogP contribution in [0, 0.1) is 0 Å². The van der Waals surface area contributed by atoms with Gasteiger partial charge in [-0.1, -0.05) is 139 Å². The summed E-state index contributed by atoms with van der Waals surface area (Å²) >= 11 is 0. The highest BCUT2D eigenvalue weighted by molar-refractivity contribution is 5.80. The monoisotopic (exact) mass is 626 g/mol. The van der Waals surface area contributed by atoms with Gasteiger partial charge in [0, 0.05) is 34.1 Å². The molecule has 0 amide bonds. The Bertz CT molecular complexity index is 1830. The van der Waals surface area contributed by atoms with Crippen molar-refractivity contribution in [2.75, 3.05) is 9.80 Å². The molecule has 0 heterocycles. The minimum absolute atomic E-state index is 0.106. The van der Waals surface area contributed by atoms with Crippen LogP contribution in [-0.4, -0.2) is 0 Å². The Morgan fingerprint density at radius 3 is 0.833 bits per heavy atom. The number of benzene rings is 6. The van der Waals surface area contributed by atoms with Crippen LogP contribution in [0.25, 0.3) is 12.2 Å². The summed E-state index contributed by atoms with van der Waals surface area (Å²) in [5.74, 6) is 0. The van der Waals surface area contributed by atoms with Crippen molar-refractivity contribution in [3.63, 3.8) is 0 Å². The molecule has 48 heavy (non-hydrogen) atoms. The second-order valence-corrected chi connectivity index (χ2v) is 14.5. The van der Waals surface area contributed by atoms with Crippen LogP contribution in [0.5, 0.6) is 0 Å². The third-order valence-corrected chi connectivity index (χ3v) is 8.78. The second kappa shape index (κ2) is 13.8. The maximum absolute atomic E-state index is 2.34. The predicted molar refractivity (Wildman–Crippen MR) is 209 cm³/mol. The zero-order chi connectivity index (χ0) is 33.7. The van der Waals surface area contributed by atoms with E-state index in [1.165, 1.54) is 11.1 Å². The summed E-state index contributed by atoms with van der Waals surface area (Å²) in [4.78, 5) is 4.63. The summed E-state index contributed by atoms with van der Waals surface area (Å²) in [7, 11) is 0. The van der Waals surface area contributed by atoms with Gasteiger partial charge in [-0.05, 0) is 106 Å². The van der Waals surface area contributed by atoms with Gasteiger partial charge in [-0.15, -0.1) is 0 Å². The quantitative estimate of drug-likeness (QED) is 0.155. The van der Waals surface area contributed by atoms with E-state index in [1.807, 2.05) is 0 Å². The Morgan fingerprint density at radius 1 is 0.312 bits per heavy atom. The Hall–Kier alpha value is -5.34. The highest BCUT2D eigenvalue weighted by Gasteiger charge is 2.18. The number of nitrogens with zero attached hydrogens (tertiary/aromatic N) is 2. The van der Waals surface area contributed by atoms with Gasteiger partial charge < -0.3 is 9.80 Å². The first-order chi connectivity index (χ1) is 23.1. The molecule has 0 aliphatic carbocycles. The third kappa shape index (κ3) is 7.61. The van der Waals surface area contributed by atoms with Gasteiger partial charge in [0.2, 0.25) is 0 Å². The number of hydrogen-bond donors (Lipinski definition) is 0. The lowest BCUT2D eigenvalue weighted by Crippen LogP contribution is -2.14. The van der Waals surface area contributed by atoms with E-state index >= 15 is 0 Å². The van der Waals surface area contributed by atoms with Gasteiger partial charge in [0.25, 0.3) is 0 Å². The standard InChI is InChI=1S/C46H46N2/c1-45(2,3)37-23-31-43(32-24-37)48(44-33-25-38(26-34-44)46(4,5)6)42-29-21-36(22-30-42)18-17-35-19-27-41(28-20-35)47(39-13-9-7-10-14-39)40-15-11-8-12-16-40/h7-34H,1-6H3/b18-17+. The van der Waals surface area contributed by atoms with Crippen LogP contribution >= 0.6 is 0 Å². The molecule has 240 valence electrons. The molecule has 0 atom stereocenters. The molecule has 0 unspecified atom stereocenters. The molecule has 0 bridgehead atoms. The van der Waals surface area contributed by atoms with Crippen molar-refractivity contribution >= 4 is 46.3 Å². The van der Waals surface area contributed by atoms with E-state index in [4.69, 9.17) is 0 Å². The highest BCUT2D eigenvalue weighted by Crippen LogP contribution is 2.38. The molecule has 0 radical (unpaired) electrons. The number of rotatable bonds is 8. The molecular formula is C46H46N2. The summed E-state index contributed by atoms with van der Waals surface area (Å²) in [6.07, 6.45) is 4.37. The molecule has 0 N–H and O–H groups in total. The molecule has 6 rings (SSSR count). The van der Waals surface area contributed by atoms with Crippen LogP contribution in [0.1, 0.15) is 63.8 Å². The molecule has 0 aromatic heterocycles. The van der Waals surface area contributed by atoms with Gasteiger partial charge in [0.05, 0.1) is 0 Å². The summed E-state index contributed by atoms with van der Waals surface area (Å²) in [6.45, 7) is 13.6. The Morgan fingerprint density at radius 2 is 0.562 bits per heavy atom. The largest absolute Gasteiger partial charge is 0.311 e. The van der Waals surface area contributed by atoms with Crippen molar-refractivity contribution < 1.29 is 0 Å². The molecular weight excluding hydrogens is 581 g/mol. The van der Waals surface area contributed by atoms with E-state index in [1.54, 1.807) is 0 Å². The van der Waals surface area contributed by atoms with E-state index in [2.05, 4.69) is 221 Å². The van der Waals surface area contributed by atoms with Gasteiger partial charge in [0.1, 0.15) is 0 Å². The van der Waals surface area contributed by atoms with Crippen molar-refractivity contribution in [1.82, 2.24) is 0 Å². The highest BCUT2D eigenvalue weighted by atomic mass is 15.1. The Balaban J connectivity index is 1.25. The lowest BCUT2D eigenvalue weighted by molar-refractivity contribution is 0.590. The van der Waals surface area contributed by atoms with E-state index in [-0.39, 0.29) is 10.8 Å². The maximum Gasteiger partial charge on any atom is 0.0462 e. The summed E-state index contributed by atoms with van der Waals surface area (Å²) < 4.78 is 0. The molecule has 6 aromatic carbocycles. The van der Waals surface area contributed by atoms with E-state index in [0.29, 0.717) is 0 Å². The van der Waals surface area contributed by atoms with Crippen LogP contribution in [0.4, 0.5) is 34.1 Å². The zero-order valence-corrected chi connectivity index (χ0v) is 29.1. The topological polar surface area (TPSA) is 6.48 Å². The van der Waals surface area contributed by atoms with Crippen LogP contribution in [0.3, 0.4) is 0 Å². The normalized spacial score (nSPS) is 11.9. The fraction of sp³-hybridized carbons (Fsp3) is 0.174. The van der Waals surface area contributed by atoms with Crippen LogP contribution < -0.4 is 9.80 Å². The third-order valence-electron chi connectivity index (χ3n) is 8.78. The van der Waals surface area contributed by atoms with Gasteiger partial charge in [0.15, 0.2) is 0 Å². The van der Waals surface area contributed by atoms with E-state index in [0.717, 1.165) is 45.3 Å². The summed E-state index contributed by atoms with van der Waals surface area (Å²) in [5, 5.41) is 0. The fourth-order valence-corrected chi connectivity index (χ4v) is 5.93. The van der Waals surface area contributed by atoms with Crippen LogP contribution in [0.2, 0.25) is 0 Å². The van der Waals surface area contributed by atoms with Crippen molar-refractivity contribution in [2.24, 2.45) is 0 Å². The molecule has 2 heteroatoms.